The SMILES string of the molecule is CCC1(c2ccc(NC(=O)c3ccc(-c4nnc(-c5cccc(C)c5)o4)cc3)cc2)CCC(=O)NC1=O. The van der Waals surface area contributed by atoms with E-state index >= 15 is 0 Å². The number of hydrogen-bond donors (Lipinski definition) is 2. The molecule has 0 radical (unpaired) electrons. The van der Waals surface area contributed by atoms with Gasteiger partial charge in [0.2, 0.25) is 23.6 Å². The summed E-state index contributed by atoms with van der Waals surface area (Å²) < 4.78 is 5.83. The molecule has 0 bridgehead atoms. The van der Waals surface area contributed by atoms with Crippen molar-refractivity contribution in [1.29, 1.82) is 0 Å². The number of nitrogens with zero attached hydrogens (tertiary/aromatic N) is 2. The van der Waals surface area contributed by atoms with E-state index < -0.39 is 5.41 Å². The first-order valence-electron chi connectivity index (χ1n) is 12.1. The van der Waals surface area contributed by atoms with E-state index in [9.17, 15) is 14.4 Å². The quantitative estimate of drug-likeness (QED) is 0.363. The molecular formula is C29H26N4O4. The van der Waals surface area contributed by atoms with Gasteiger partial charge < -0.3 is 9.73 Å². The van der Waals surface area contributed by atoms with Crippen molar-refractivity contribution in [3.63, 3.8) is 0 Å². The summed E-state index contributed by atoms with van der Waals surface area (Å²) >= 11 is 0. The highest BCUT2D eigenvalue weighted by Crippen LogP contribution is 2.36. The molecule has 1 aromatic heterocycles. The minimum absolute atomic E-state index is 0.241. The lowest BCUT2D eigenvalue weighted by atomic mass is 9.72. The Labute approximate surface area is 214 Å². The van der Waals surface area contributed by atoms with E-state index in [4.69, 9.17) is 4.42 Å². The van der Waals surface area contributed by atoms with Crippen LogP contribution in [0, 0.1) is 6.92 Å². The minimum atomic E-state index is -0.736. The van der Waals surface area contributed by atoms with Crippen molar-refractivity contribution < 1.29 is 18.8 Å². The second kappa shape index (κ2) is 9.81. The number of carbonyl (C=O) groups excluding carboxylic acids is 3. The zero-order chi connectivity index (χ0) is 26.0. The Bertz CT molecular complexity index is 1470. The molecule has 4 aromatic rings. The van der Waals surface area contributed by atoms with E-state index in [0.717, 1.165) is 16.7 Å². The number of carbonyl (C=O) groups is 3. The predicted octanol–water partition coefficient (Wildman–Crippen LogP) is 5.05. The number of piperidine rings is 1. The molecule has 0 spiro atoms. The number of hydrogen-bond acceptors (Lipinski definition) is 6. The van der Waals surface area contributed by atoms with Crippen LogP contribution in [0.1, 0.15) is 47.7 Å². The van der Waals surface area contributed by atoms with Crippen LogP contribution in [-0.4, -0.2) is 27.9 Å². The molecule has 3 aromatic carbocycles. The molecule has 0 saturated carbocycles. The van der Waals surface area contributed by atoms with Gasteiger partial charge in [-0.3, -0.25) is 19.7 Å². The third kappa shape index (κ3) is 4.78. The largest absolute Gasteiger partial charge is 0.416 e. The van der Waals surface area contributed by atoms with Crippen LogP contribution in [0.25, 0.3) is 22.9 Å². The van der Waals surface area contributed by atoms with E-state index in [1.54, 1.807) is 36.4 Å². The highest BCUT2D eigenvalue weighted by atomic mass is 16.4. The number of aryl methyl sites for hydroxylation is 1. The molecule has 1 aliphatic rings. The van der Waals surface area contributed by atoms with Crippen molar-refractivity contribution in [1.82, 2.24) is 15.5 Å². The van der Waals surface area contributed by atoms with Crippen molar-refractivity contribution in [2.75, 3.05) is 5.32 Å². The molecule has 8 nitrogen and oxygen atoms in total. The van der Waals surface area contributed by atoms with Gasteiger partial charge in [-0.1, -0.05) is 36.8 Å². The van der Waals surface area contributed by atoms with Gasteiger partial charge in [0.15, 0.2) is 0 Å². The van der Waals surface area contributed by atoms with Gasteiger partial charge in [0, 0.05) is 28.8 Å². The molecule has 2 N–H and O–H groups in total. The summed E-state index contributed by atoms with van der Waals surface area (Å²) in [6.07, 6.45) is 1.36. The standard InChI is InChI=1S/C29H26N4O4/c1-3-29(16-15-24(34)31-28(29)36)22-11-13-23(14-12-22)30-25(35)19-7-9-20(10-8-19)26-32-33-27(37-26)21-6-4-5-18(2)17-21/h4-14,17H,3,15-16H2,1-2H3,(H,30,35)(H,31,34,36). The first-order valence-corrected chi connectivity index (χ1v) is 12.1. The molecule has 3 amide bonds. The fourth-order valence-electron chi connectivity index (χ4n) is 4.64. The summed E-state index contributed by atoms with van der Waals surface area (Å²) in [6, 6.07) is 22.0. The Kier molecular flexibility index (Phi) is 6.40. The van der Waals surface area contributed by atoms with Gasteiger partial charge in [-0.05, 0) is 73.9 Å². The van der Waals surface area contributed by atoms with Gasteiger partial charge in [0.1, 0.15) is 0 Å². The molecule has 1 unspecified atom stereocenters. The zero-order valence-corrected chi connectivity index (χ0v) is 20.6. The van der Waals surface area contributed by atoms with Crippen LogP contribution in [-0.2, 0) is 15.0 Å². The van der Waals surface area contributed by atoms with Gasteiger partial charge in [-0.15, -0.1) is 10.2 Å². The summed E-state index contributed by atoms with van der Waals surface area (Å²) in [5, 5.41) is 13.6. The summed E-state index contributed by atoms with van der Waals surface area (Å²) in [5.41, 5.74) is 3.83. The lowest BCUT2D eigenvalue weighted by molar-refractivity contribution is -0.138. The number of nitrogens with one attached hydrogen (secondary N) is 2. The lowest BCUT2D eigenvalue weighted by Crippen LogP contribution is -2.51. The van der Waals surface area contributed by atoms with Crippen molar-refractivity contribution in [2.24, 2.45) is 0 Å². The van der Waals surface area contributed by atoms with Gasteiger partial charge in [0.05, 0.1) is 5.41 Å². The topological polar surface area (TPSA) is 114 Å². The first-order chi connectivity index (χ1) is 17.9. The Balaban J connectivity index is 1.27. The highest BCUT2D eigenvalue weighted by molar-refractivity contribution is 6.05. The van der Waals surface area contributed by atoms with Crippen LogP contribution >= 0.6 is 0 Å². The van der Waals surface area contributed by atoms with Crippen molar-refractivity contribution in [2.45, 2.75) is 38.5 Å². The second-order valence-electron chi connectivity index (χ2n) is 9.20. The van der Waals surface area contributed by atoms with Gasteiger partial charge >= 0.3 is 0 Å². The number of anilines is 1. The number of benzene rings is 3. The normalized spacial score (nSPS) is 17.4. The Morgan fingerprint density at radius 1 is 0.973 bits per heavy atom. The fraction of sp³-hybridized carbons (Fsp3) is 0.207. The maximum absolute atomic E-state index is 12.8. The number of imide groups is 1. The minimum Gasteiger partial charge on any atom is -0.416 e. The first kappa shape index (κ1) is 24.1. The van der Waals surface area contributed by atoms with Crippen LogP contribution in [0.3, 0.4) is 0 Å². The van der Waals surface area contributed by atoms with Crippen LogP contribution in [0.2, 0.25) is 0 Å². The molecular weight excluding hydrogens is 468 g/mol. The lowest BCUT2D eigenvalue weighted by Gasteiger charge is -2.35. The molecule has 37 heavy (non-hydrogen) atoms. The molecule has 1 saturated heterocycles. The third-order valence-corrected chi connectivity index (χ3v) is 6.85. The van der Waals surface area contributed by atoms with Crippen LogP contribution < -0.4 is 10.6 Å². The van der Waals surface area contributed by atoms with Gasteiger partial charge in [-0.25, -0.2) is 0 Å². The van der Waals surface area contributed by atoms with Crippen molar-refractivity contribution in [3.8, 4) is 22.9 Å². The highest BCUT2D eigenvalue weighted by Gasteiger charge is 2.42. The molecule has 8 heteroatoms. The van der Waals surface area contributed by atoms with Crippen LogP contribution in [0.5, 0.6) is 0 Å². The summed E-state index contributed by atoms with van der Waals surface area (Å²) in [4.78, 5) is 37.0. The van der Waals surface area contributed by atoms with Crippen LogP contribution in [0.15, 0.2) is 77.2 Å². The molecule has 1 fully saturated rings. The molecule has 5 rings (SSSR count). The maximum Gasteiger partial charge on any atom is 0.255 e. The maximum atomic E-state index is 12.8. The molecule has 186 valence electrons. The Hall–Kier alpha value is -4.59. The summed E-state index contributed by atoms with van der Waals surface area (Å²) in [5.74, 6) is 0.0325. The second-order valence-corrected chi connectivity index (χ2v) is 9.20. The average Bonchev–Trinajstić information content (AvgIpc) is 3.40. The third-order valence-electron chi connectivity index (χ3n) is 6.85. The molecule has 2 heterocycles. The van der Waals surface area contributed by atoms with E-state index in [1.165, 1.54) is 0 Å². The summed E-state index contributed by atoms with van der Waals surface area (Å²) in [6.45, 7) is 3.94. The number of amides is 3. The van der Waals surface area contributed by atoms with E-state index in [0.29, 0.717) is 47.9 Å². The molecule has 1 atom stereocenters. The molecule has 0 aliphatic carbocycles. The fourth-order valence-corrected chi connectivity index (χ4v) is 4.64. The van der Waals surface area contributed by atoms with Crippen molar-refractivity contribution >= 4 is 23.4 Å². The van der Waals surface area contributed by atoms with Crippen molar-refractivity contribution in [3.05, 3.63) is 89.5 Å². The van der Waals surface area contributed by atoms with Gasteiger partial charge in [-0.2, -0.15) is 0 Å². The molecule has 1 aliphatic heterocycles. The number of rotatable bonds is 6. The smallest absolute Gasteiger partial charge is 0.255 e. The predicted molar refractivity (Wildman–Crippen MR) is 139 cm³/mol. The van der Waals surface area contributed by atoms with E-state index in [-0.39, 0.29) is 17.7 Å². The zero-order valence-electron chi connectivity index (χ0n) is 20.6. The monoisotopic (exact) mass is 494 g/mol. The van der Waals surface area contributed by atoms with E-state index in [1.807, 2.05) is 50.2 Å². The summed E-state index contributed by atoms with van der Waals surface area (Å²) in [7, 11) is 0. The van der Waals surface area contributed by atoms with Gasteiger partial charge in [0.25, 0.3) is 5.91 Å². The van der Waals surface area contributed by atoms with Crippen LogP contribution in [0.4, 0.5) is 5.69 Å². The number of aromatic nitrogens is 2. The Morgan fingerprint density at radius 2 is 1.68 bits per heavy atom. The van der Waals surface area contributed by atoms with E-state index in [2.05, 4.69) is 20.8 Å². The Morgan fingerprint density at radius 3 is 2.32 bits per heavy atom. The average molecular weight is 495 g/mol.